The number of hydrogen-bond donors (Lipinski definition) is 1. The molecule has 0 bridgehead atoms. The van der Waals surface area contributed by atoms with Crippen molar-refractivity contribution in [3.63, 3.8) is 0 Å². The molecule has 0 fully saturated rings. The number of amides is 1. The van der Waals surface area contributed by atoms with Crippen molar-refractivity contribution in [2.45, 2.75) is 33.9 Å². The minimum Gasteiger partial charge on any atom is -0.350 e. The Morgan fingerprint density at radius 3 is 2.61 bits per heavy atom. The molecule has 0 radical (unpaired) electrons. The van der Waals surface area contributed by atoms with Crippen LogP contribution in [0.2, 0.25) is 5.02 Å². The maximum Gasteiger partial charge on any atom is 0.293 e. The lowest BCUT2D eigenvalue weighted by atomic mass is 10.1. The summed E-state index contributed by atoms with van der Waals surface area (Å²) < 4.78 is 2.79. The third-order valence-corrected chi connectivity index (χ3v) is 5.70. The smallest absolute Gasteiger partial charge is 0.293 e. The van der Waals surface area contributed by atoms with Gasteiger partial charge in [-0.3, -0.25) is 9.59 Å². The first-order valence-corrected chi connectivity index (χ1v) is 10.3. The largest absolute Gasteiger partial charge is 0.350 e. The third-order valence-electron chi connectivity index (χ3n) is 5.33. The fraction of sp³-hybridized carbons (Fsp3) is 0.217. The summed E-state index contributed by atoms with van der Waals surface area (Å²) in [7, 11) is 0. The molecule has 4 rings (SSSR count). The van der Waals surface area contributed by atoms with Crippen LogP contribution < -0.4 is 10.9 Å². The monoisotopic (exact) mass is 435 g/mol. The number of aromatic nitrogens is 4. The molecule has 8 heteroatoms. The fourth-order valence-corrected chi connectivity index (χ4v) is 3.61. The minimum absolute atomic E-state index is 0.196. The predicted octanol–water partition coefficient (Wildman–Crippen LogP) is 3.48. The lowest BCUT2D eigenvalue weighted by molar-refractivity contribution is -0.122. The fourth-order valence-electron chi connectivity index (χ4n) is 3.41. The van der Waals surface area contributed by atoms with Crippen molar-refractivity contribution in [2.75, 3.05) is 0 Å². The van der Waals surface area contributed by atoms with E-state index in [4.69, 9.17) is 11.6 Å². The molecule has 1 amide bonds. The Morgan fingerprint density at radius 2 is 1.87 bits per heavy atom. The van der Waals surface area contributed by atoms with Crippen molar-refractivity contribution in [3.05, 3.63) is 86.4 Å². The van der Waals surface area contributed by atoms with E-state index in [1.165, 1.54) is 4.68 Å². The Kier molecular flexibility index (Phi) is 5.61. The number of aryl methyl sites for hydroxylation is 3. The van der Waals surface area contributed by atoms with E-state index in [2.05, 4.69) is 15.5 Å². The average molecular weight is 436 g/mol. The number of halogens is 1. The molecule has 1 N–H and O–H groups in total. The van der Waals surface area contributed by atoms with Crippen LogP contribution in [0.5, 0.6) is 0 Å². The molecule has 0 atom stereocenters. The van der Waals surface area contributed by atoms with Crippen LogP contribution in [0, 0.1) is 20.8 Å². The van der Waals surface area contributed by atoms with Gasteiger partial charge in [-0.1, -0.05) is 35.9 Å². The van der Waals surface area contributed by atoms with E-state index in [9.17, 15) is 9.59 Å². The van der Waals surface area contributed by atoms with Crippen molar-refractivity contribution >= 4 is 28.4 Å². The Hall–Kier alpha value is -3.45. The molecule has 31 heavy (non-hydrogen) atoms. The minimum atomic E-state index is -0.371. The van der Waals surface area contributed by atoms with Gasteiger partial charge in [0.05, 0.1) is 17.6 Å². The van der Waals surface area contributed by atoms with Crippen molar-refractivity contribution < 1.29 is 4.79 Å². The number of benzene rings is 2. The van der Waals surface area contributed by atoms with Gasteiger partial charge in [0, 0.05) is 17.0 Å². The number of nitrogens with zero attached hydrogens (tertiary/aromatic N) is 4. The van der Waals surface area contributed by atoms with Crippen LogP contribution >= 0.6 is 11.6 Å². The Balaban J connectivity index is 1.65. The zero-order chi connectivity index (χ0) is 22.1. The van der Waals surface area contributed by atoms with Gasteiger partial charge in [-0.25, -0.2) is 9.36 Å². The van der Waals surface area contributed by atoms with Gasteiger partial charge in [-0.2, -0.15) is 10.2 Å². The summed E-state index contributed by atoms with van der Waals surface area (Å²) in [6.45, 7) is 5.92. The normalized spacial score (nSPS) is 11.1. The van der Waals surface area contributed by atoms with Gasteiger partial charge < -0.3 is 5.32 Å². The molecule has 0 aliphatic carbocycles. The maximum absolute atomic E-state index is 13.2. The van der Waals surface area contributed by atoms with E-state index in [1.54, 1.807) is 23.9 Å². The van der Waals surface area contributed by atoms with Crippen LogP contribution in [0.3, 0.4) is 0 Å². The highest BCUT2D eigenvalue weighted by Crippen LogP contribution is 2.19. The van der Waals surface area contributed by atoms with E-state index >= 15 is 0 Å². The van der Waals surface area contributed by atoms with Crippen LogP contribution in [0.4, 0.5) is 0 Å². The zero-order valence-corrected chi connectivity index (χ0v) is 18.3. The van der Waals surface area contributed by atoms with E-state index in [0.717, 1.165) is 22.4 Å². The van der Waals surface area contributed by atoms with Crippen LogP contribution in [0.25, 0.3) is 16.6 Å². The summed E-state index contributed by atoms with van der Waals surface area (Å²) in [5, 5.41) is 12.8. The van der Waals surface area contributed by atoms with E-state index in [-0.39, 0.29) is 24.6 Å². The Labute approximate surface area is 184 Å². The summed E-state index contributed by atoms with van der Waals surface area (Å²) in [6, 6.07) is 13.2. The Bertz CT molecular complexity index is 1360. The SMILES string of the molecule is Cc1ccc(-n2ncc3c(C)nn(CC(=O)NCc4ccccc4Cl)c(=O)c32)cc1C. The molecule has 0 saturated carbocycles. The molecule has 0 aliphatic heterocycles. The van der Waals surface area contributed by atoms with Crippen LogP contribution in [0.1, 0.15) is 22.4 Å². The van der Waals surface area contributed by atoms with Crippen LogP contribution in [-0.4, -0.2) is 25.5 Å². The molecule has 7 nitrogen and oxygen atoms in total. The quantitative estimate of drug-likeness (QED) is 0.520. The first-order valence-electron chi connectivity index (χ1n) is 9.88. The van der Waals surface area contributed by atoms with Crippen LogP contribution in [0.15, 0.2) is 53.5 Å². The highest BCUT2D eigenvalue weighted by atomic mass is 35.5. The number of carbonyl (C=O) groups excluding carboxylic acids is 1. The van der Waals surface area contributed by atoms with Crippen molar-refractivity contribution in [1.29, 1.82) is 0 Å². The Morgan fingerprint density at radius 1 is 1.10 bits per heavy atom. The molecule has 0 unspecified atom stereocenters. The highest BCUT2D eigenvalue weighted by Gasteiger charge is 2.17. The summed E-state index contributed by atoms with van der Waals surface area (Å²) in [5.41, 5.74) is 4.51. The molecule has 4 aromatic rings. The standard InChI is InChI=1S/C23H22ClN5O2/c1-14-8-9-18(10-15(14)2)29-22-19(12-26-29)16(3)27-28(23(22)31)13-21(30)25-11-17-6-4-5-7-20(17)24/h4-10,12H,11,13H2,1-3H3,(H,25,30). The first-order chi connectivity index (χ1) is 14.8. The van der Waals surface area contributed by atoms with Crippen molar-refractivity contribution in [3.8, 4) is 5.69 Å². The lowest BCUT2D eigenvalue weighted by Gasteiger charge is -2.10. The van der Waals surface area contributed by atoms with Gasteiger partial charge in [0.1, 0.15) is 12.1 Å². The van der Waals surface area contributed by atoms with E-state index in [0.29, 0.717) is 21.6 Å². The summed E-state index contributed by atoms with van der Waals surface area (Å²) in [4.78, 5) is 25.7. The van der Waals surface area contributed by atoms with Gasteiger partial charge in [-0.15, -0.1) is 0 Å². The van der Waals surface area contributed by atoms with Gasteiger partial charge in [0.15, 0.2) is 0 Å². The molecule has 0 saturated heterocycles. The topological polar surface area (TPSA) is 81.8 Å². The van der Waals surface area contributed by atoms with Crippen LogP contribution in [-0.2, 0) is 17.9 Å². The molecular weight excluding hydrogens is 414 g/mol. The zero-order valence-electron chi connectivity index (χ0n) is 17.5. The second kappa shape index (κ2) is 8.35. The first kappa shape index (κ1) is 20.8. The second-order valence-electron chi connectivity index (χ2n) is 7.50. The van der Waals surface area contributed by atoms with E-state index in [1.807, 2.05) is 50.2 Å². The summed E-state index contributed by atoms with van der Waals surface area (Å²) >= 11 is 6.13. The predicted molar refractivity (Wildman–Crippen MR) is 121 cm³/mol. The number of fused-ring (bicyclic) bond motifs is 1. The average Bonchev–Trinajstić information content (AvgIpc) is 3.19. The molecule has 2 aromatic carbocycles. The third kappa shape index (κ3) is 4.09. The second-order valence-corrected chi connectivity index (χ2v) is 7.91. The molecule has 0 spiro atoms. The van der Waals surface area contributed by atoms with Gasteiger partial charge in [0.25, 0.3) is 5.56 Å². The van der Waals surface area contributed by atoms with Crippen molar-refractivity contribution in [2.24, 2.45) is 0 Å². The summed E-state index contributed by atoms with van der Waals surface area (Å²) in [5.74, 6) is -0.328. The molecule has 2 heterocycles. The number of carbonyl (C=O) groups is 1. The van der Waals surface area contributed by atoms with Gasteiger partial charge in [0.2, 0.25) is 5.91 Å². The van der Waals surface area contributed by atoms with Gasteiger partial charge in [-0.05, 0) is 55.7 Å². The number of nitrogens with one attached hydrogen (secondary N) is 1. The molecule has 2 aromatic heterocycles. The summed E-state index contributed by atoms with van der Waals surface area (Å²) in [6.07, 6.45) is 1.63. The maximum atomic E-state index is 13.2. The van der Waals surface area contributed by atoms with Gasteiger partial charge >= 0.3 is 0 Å². The molecule has 0 aliphatic rings. The molecule has 158 valence electrons. The number of rotatable bonds is 5. The highest BCUT2D eigenvalue weighted by molar-refractivity contribution is 6.31. The lowest BCUT2D eigenvalue weighted by Crippen LogP contribution is -2.34. The molecular formula is C23H22ClN5O2. The van der Waals surface area contributed by atoms with Crippen molar-refractivity contribution in [1.82, 2.24) is 24.9 Å². The number of hydrogen-bond acceptors (Lipinski definition) is 4. The van der Waals surface area contributed by atoms with E-state index < -0.39 is 0 Å².